The quantitative estimate of drug-likeness (QED) is 0.0344. The minimum Gasteiger partial charge on any atom is -0.462 e. The van der Waals surface area contributed by atoms with Gasteiger partial charge in [0, 0.05) is 19.3 Å². The Hall–Kier alpha value is -1.59. The Morgan fingerprint density at radius 1 is 0.328 bits per heavy atom. The van der Waals surface area contributed by atoms with E-state index >= 15 is 0 Å². The van der Waals surface area contributed by atoms with Crippen molar-refractivity contribution in [3.05, 3.63) is 0 Å². The molecule has 64 heavy (non-hydrogen) atoms. The maximum Gasteiger partial charge on any atom is 0.306 e. The van der Waals surface area contributed by atoms with Gasteiger partial charge in [0.15, 0.2) is 6.10 Å². The second kappa shape index (κ2) is 50.8. The standard InChI is InChI=1S/C58H112O6/c1-6-8-9-10-11-26-35-40-45-50-58(61)64-55(52-63-57(60)49-44-39-34-30-25-21-20-22-27-31-36-41-46-53(3)4)51-62-56(59)48-43-38-33-29-24-19-17-15-13-12-14-16-18-23-28-32-37-42-47-54(5)7-2/h53-55H,6-52H2,1-5H3/t54?,55-/m1/s1. The van der Waals surface area contributed by atoms with Crippen LogP contribution in [0.4, 0.5) is 0 Å². The van der Waals surface area contributed by atoms with Crippen LogP contribution in [0.2, 0.25) is 0 Å². The first-order chi connectivity index (χ1) is 31.3. The van der Waals surface area contributed by atoms with Gasteiger partial charge in [0.2, 0.25) is 0 Å². The number of carbonyl (C=O) groups is 3. The van der Waals surface area contributed by atoms with Gasteiger partial charge in [-0.05, 0) is 31.1 Å². The van der Waals surface area contributed by atoms with Crippen LogP contribution in [0.1, 0.15) is 324 Å². The molecule has 0 aliphatic heterocycles. The highest BCUT2D eigenvalue weighted by molar-refractivity contribution is 5.71. The fraction of sp³-hybridized carbons (Fsp3) is 0.948. The van der Waals surface area contributed by atoms with Gasteiger partial charge >= 0.3 is 17.9 Å². The van der Waals surface area contributed by atoms with Crippen molar-refractivity contribution in [2.75, 3.05) is 13.2 Å². The van der Waals surface area contributed by atoms with E-state index in [2.05, 4.69) is 34.6 Å². The largest absolute Gasteiger partial charge is 0.462 e. The van der Waals surface area contributed by atoms with Crippen LogP contribution in [0.3, 0.4) is 0 Å². The summed E-state index contributed by atoms with van der Waals surface area (Å²) in [6.45, 7) is 11.4. The monoisotopic (exact) mass is 905 g/mol. The topological polar surface area (TPSA) is 78.9 Å². The molecule has 0 rings (SSSR count). The van der Waals surface area contributed by atoms with Gasteiger partial charge in [0.25, 0.3) is 0 Å². The summed E-state index contributed by atoms with van der Waals surface area (Å²) in [6.07, 6.45) is 53.8. The van der Waals surface area contributed by atoms with Crippen LogP contribution in [-0.2, 0) is 28.6 Å². The van der Waals surface area contributed by atoms with E-state index in [1.165, 1.54) is 212 Å². The van der Waals surface area contributed by atoms with Crippen LogP contribution in [-0.4, -0.2) is 37.2 Å². The molecule has 6 nitrogen and oxygen atoms in total. The zero-order valence-electron chi connectivity index (χ0n) is 43.9. The van der Waals surface area contributed by atoms with Gasteiger partial charge in [-0.1, -0.05) is 285 Å². The Bertz CT molecular complexity index is 980. The number of rotatable bonds is 52. The number of carbonyl (C=O) groups excluding carboxylic acids is 3. The number of ether oxygens (including phenoxy) is 3. The van der Waals surface area contributed by atoms with Crippen LogP contribution < -0.4 is 0 Å². The number of esters is 3. The normalized spacial score (nSPS) is 12.5. The average molecular weight is 906 g/mol. The van der Waals surface area contributed by atoms with Gasteiger partial charge in [-0.2, -0.15) is 0 Å². The van der Waals surface area contributed by atoms with Gasteiger partial charge in [-0.3, -0.25) is 14.4 Å². The Morgan fingerprint density at radius 3 is 0.891 bits per heavy atom. The smallest absolute Gasteiger partial charge is 0.306 e. The predicted octanol–water partition coefficient (Wildman–Crippen LogP) is 18.9. The van der Waals surface area contributed by atoms with Crippen LogP contribution >= 0.6 is 0 Å². The maximum absolute atomic E-state index is 12.8. The minimum absolute atomic E-state index is 0.0630. The second-order valence-electron chi connectivity index (χ2n) is 20.6. The van der Waals surface area contributed by atoms with E-state index in [-0.39, 0.29) is 31.1 Å². The number of hydrogen-bond donors (Lipinski definition) is 0. The molecule has 0 spiro atoms. The Morgan fingerprint density at radius 2 is 0.594 bits per heavy atom. The predicted molar refractivity (Wildman–Crippen MR) is 275 cm³/mol. The number of unbranched alkanes of at least 4 members (excludes halogenated alkanes) is 36. The summed E-state index contributed by atoms with van der Waals surface area (Å²) >= 11 is 0. The molecule has 0 aliphatic rings. The molecule has 0 saturated carbocycles. The van der Waals surface area contributed by atoms with Crippen molar-refractivity contribution in [2.45, 2.75) is 330 Å². The van der Waals surface area contributed by atoms with Crippen molar-refractivity contribution in [3.8, 4) is 0 Å². The zero-order valence-corrected chi connectivity index (χ0v) is 43.9. The Kier molecular flexibility index (Phi) is 49.6. The SMILES string of the molecule is CCCCCCCCCCCC(=O)O[C@H](COC(=O)CCCCCCCCCCCCCCCCCCCCC(C)CC)COC(=O)CCCCCCCCCCCCCCC(C)C. The average Bonchev–Trinajstić information content (AvgIpc) is 3.28. The molecule has 2 atom stereocenters. The van der Waals surface area contributed by atoms with Crippen LogP contribution in [0.15, 0.2) is 0 Å². The van der Waals surface area contributed by atoms with Crippen molar-refractivity contribution < 1.29 is 28.6 Å². The molecule has 0 radical (unpaired) electrons. The lowest BCUT2D eigenvalue weighted by Gasteiger charge is -2.18. The molecule has 0 aromatic heterocycles. The molecule has 0 aliphatic carbocycles. The lowest BCUT2D eigenvalue weighted by atomic mass is 9.99. The second-order valence-corrected chi connectivity index (χ2v) is 20.6. The zero-order chi connectivity index (χ0) is 46.8. The summed E-state index contributed by atoms with van der Waals surface area (Å²) in [5.41, 5.74) is 0. The first-order valence-corrected chi connectivity index (χ1v) is 28.8. The van der Waals surface area contributed by atoms with Crippen LogP contribution in [0, 0.1) is 11.8 Å². The van der Waals surface area contributed by atoms with E-state index < -0.39 is 6.10 Å². The van der Waals surface area contributed by atoms with Crippen LogP contribution in [0.25, 0.3) is 0 Å². The summed E-state index contributed by atoms with van der Waals surface area (Å²) in [6, 6.07) is 0. The van der Waals surface area contributed by atoms with E-state index in [1.807, 2.05) is 0 Å². The Labute approximate surface area is 399 Å². The molecule has 0 heterocycles. The molecule has 0 aromatic carbocycles. The van der Waals surface area contributed by atoms with Gasteiger partial charge in [-0.15, -0.1) is 0 Å². The third kappa shape index (κ3) is 49.8. The summed E-state index contributed by atoms with van der Waals surface area (Å²) in [4.78, 5) is 38.0. The van der Waals surface area contributed by atoms with Crippen molar-refractivity contribution in [1.29, 1.82) is 0 Å². The van der Waals surface area contributed by atoms with Crippen molar-refractivity contribution >= 4 is 17.9 Å². The molecule has 0 amide bonds. The molecule has 380 valence electrons. The third-order valence-corrected chi connectivity index (χ3v) is 13.6. The summed E-state index contributed by atoms with van der Waals surface area (Å²) in [5, 5.41) is 0. The molecule has 1 unspecified atom stereocenters. The third-order valence-electron chi connectivity index (χ3n) is 13.6. The first-order valence-electron chi connectivity index (χ1n) is 28.8. The molecule has 0 N–H and O–H groups in total. The molecular weight excluding hydrogens is 793 g/mol. The van der Waals surface area contributed by atoms with Crippen LogP contribution in [0.5, 0.6) is 0 Å². The van der Waals surface area contributed by atoms with E-state index in [1.54, 1.807) is 0 Å². The maximum atomic E-state index is 12.8. The highest BCUT2D eigenvalue weighted by Crippen LogP contribution is 2.19. The molecule has 0 aromatic rings. The first kappa shape index (κ1) is 62.4. The fourth-order valence-electron chi connectivity index (χ4n) is 8.84. The van der Waals surface area contributed by atoms with Gasteiger partial charge < -0.3 is 14.2 Å². The van der Waals surface area contributed by atoms with Crippen molar-refractivity contribution in [3.63, 3.8) is 0 Å². The Balaban J connectivity index is 4.15. The van der Waals surface area contributed by atoms with Crippen molar-refractivity contribution in [2.24, 2.45) is 11.8 Å². The molecular formula is C58H112O6. The lowest BCUT2D eigenvalue weighted by molar-refractivity contribution is -0.167. The van der Waals surface area contributed by atoms with Gasteiger partial charge in [0.05, 0.1) is 0 Å². The van der Waals surface area contributed by atoms with E-state index in [0.29, 0.717) is 19.3 Å². The summed E-state index contributed by atoms with van der Waals surface area (Å²) in [7, 11) is 0. The van der Waals surface area contributed by atoms with Gasteiger partial charge in [0.1, 0.15) is 13.2 Å². The minimum atomic E-state index is -0.761. The van der Waals surface area contributed by atoms with E-state index in [4.69, 9.17) is 14.2 Å². The number of hydrogen-bond acceptors (Lipinski definition) is 6. The molecule has 6 heteroatoms. The van der Waals surface area contributed by atoms with Crippen molar-refractivity contribution in [1.82, 2.24) is 0 Å². The highest BCUT2D eigenvalue weighted by atomic mass is 16.6. The summed E-state index contributed by atoms with van der Waals surface area (Å²) < 4.78 is 16.8. The highest BCUT2D eigenvalue weighted by Gasteiger charge is 2.19. The van der Waals surface area contributed by atoms with E-state index in [0.717, 1.165) is 69.6 Å². The molecule has 0 bridgehead atoms. The fourth-order valence-corrected chi connectivity index (χ4v) is 8.84. The van der Waals surface area contributed by atoms with Gasteiger partial charge in [-0.25, -0.2) is 0 Å². The summed E-state index contributed by atoms with van der Waals surface area (Å²) in [5.74, 6) is 0.900. The lowest BCUT2D eigenvalue weighted by Crippen LogP contribution is -2.30. The molecule has 0 saturated heterocycles. The van der Waals surface area contributed by atoms with E-state index in [9.17, 15) is 14.4 Å². The molecule has 0 fully saturated rings.